The molecule has 0 radical (unpaired) electrons. The first kappa shape index (κ1) is 18.8. The van der Waals surface area contributed by atoms with Crippen LogP contribution in [0.4, 0.5) is 0 Å². The number of aryl methyl sites for hydroxylation is 3. The molecule has 4 aromatic carbocycles. The van der Waals surface area contributed by atoms with Crippen molar-refractivity contribution in [3.63, 3.8) is 0 Å². The van der Waals surface area contributed by atoms with Crippen LogP contribution in [0.2, 0.25) is 0 Å². The van der Waals surface area contributed by atoms with E-state index in [-0.39, 0.29) is 5.78 Å². The monoisotopic (exact) mass is 416 g/mol. The van der Waals surface area contributed by atoms with Crippen molar-refractivity contribution in [1.82, 2.24) is 0 Å². The van der Waals surface area contributed by atoms with E-state index in [0.717, 1.165) is 39.1 Å². The highest BCUT2D eigenvalue weighted by Crippen LogP contribution is 2.50. The normalized spacial score (nSPS) is 12.0. The van der Waals surface area contributed by atoms with Crippen molar-refractivity contribution in [3.8, 4) is 22.8 Å². The molecule has 3 heteroatoms. The minimum absolute atomic E-state index is 0.000612. The third-order valence-corrected chi connectivity index (χ3v) is 6.62. The van der Waals surface area contributed by atoms with E-state index in [1.54, 1.807) is 0 Å². The van der Waals surface area contributed by atoms with Crippen LogP contribution >= 0.6 is 0 Å². The predicted molar refractivity (Wildman–Crippen MR) is 127 cm³/mol. The SMILES string of the molecule is Cc1c2c(c(C)c3ccccc13)-c1c3c(cc(C(=O)c4ccccc4)cc3cc[n+]1C)O2. The highest BCUT2D eigenvalue weighted by molar-refractivity contribution is 6.13. The van der Waals surface area contributed by atoms with Gasteiger partial charge in [0.15, 0.2) is 12.0 Å². The molecule has 1 aliphatic rings. The van der Waals surface area contributed by atoms with Gasteiger partial charge >= 0.3 is 0 Å². The number of aromatic nitrogens is 1. The van der Waals surface area contributed by atoms with E-state index in [1.807, 2.05) is 42.5 Å². The maximum atomic E-state index is 13.2. The molecule has 6 rings (SSSR count). The van der Waals surface area contributed by atoms with Crippen molar-refractivity contribution in [2.75, 3.05) is 0 Å². The molecule has 0 unspecified atom stereocenters. The topological polar surface area (TPSA) is 30.2 Å². The zero-order chi connectivity index (χ0) is 22.0. The van der Waals surface area contributed by atoms with Crippen LogP contribution in [0.3, 0.4) is 0 Å². The Morgan fingerprint density at radius 2 is 1.50 bits per heavy atom. The lowest BCUT2D eigenvalue weighted by Crippen LogP contribution is -2.32. The fourth-order valence-corrected chi connectivity index (χ4v) is 5.01. The van der Waals surface area contributed by atoms with E-state index in [4.69, 9.17) is 4.74 Å². The number of ether oxygens (including phenoxy) is 1. The fraction of sp³-hybridized carbons (Fsp3) is 0.103. The summed E-state index contributed by atoms with van der Waals surface area (Å²) in [4.78, 5) is 13.2. The zero-order valence-corrected chi connectivity index (χ0v) is 18.3. The fourth-order valence-electron chi connectivity index (χ4n) is 5.01. The molecule has 1 aromatic heterocycles. The Bertz CT molecular complexity index is 1580. The molecule has 0 aliphatic carbocycles. The van der Waals surface area contributed by atoms with E-state index in [2.05, 4.69) is 62.0 Å². The lowest BCUT2D eigenvalue weighted by Gasteiger charge is -2.24. The Morgan fingerprint density at radius 3 is 2.25 bits per heavy atom. The van der Waals surface area contributed by atoms with E-state index in [0.29, 0.717) is 11.1 Å². The van der Waals surface area contributed by atoms with Crippen molar-refractivity contribution >= 4 is 27.3 Å². The predicted octanol–water partition coefficient (Wildman–Crippen LogP) is 6.44. The number of nitrogens with zero attached hydrogens (tertiary/aromatic N) is 1. The van der Waals surface area contributed by atoms with Crippen molar-refractivity contribution in [2.24, 2.45) is 7.05 Å². The summed E-state index contributed by atoms with van der Waals surface area (Å²) in [5, 5.41) is 4.48. The van der Waals surface area contributed by atoms with Crippen molar-refractivity contribution in [3.05, 3.63) is 101 Å². The van der Waals surface area contributed by atoms with Crippen LogP contribution in [0, 0.1) is 13.8 Å². The van der Waals surface area contributed by atoms with E-state index in [1.165, 1.54) is 16.3 Å². The van der Waals surface area contributed by atoms with Gasteiger partial charge in [-0.3, -0.25) is 4.79 Å². The van der Waals surface area contributed by atoms with Crippen molar-refractivity contribution in [1.29, 1.82) is 0 Å². The number of hydrogen-bond donors (Lipinski definition) is 0. The Balaban J connectivity index is 1.68. The number of rotatable bonds is 2. The van der Waals surface area contributed by atoms with Crippen molar-refractivity contribution < 1.29 is 14.1 Å². The largest absolute Gasteiger partial charge is 0.455 e. The van der Waals surface area contributed by atoms with Gasteiger partial charge in [-0.1, -0.05) is 54.6 Å². The highest BCUT2D eigenvalue weighted by atomic mass is 16.5. The highest BCUT2D eigenvalue weighted by Gasteiger charge is 2.32. The summed E-state index contributed by atoms with van der Waals surface area (Å²) in [6, 6.07) is 23.8. The lowest BCUT2D eigenvalue weighted by molar-refractivity contribution is -0.659. The van der Waals surface area contributed by atoms with Crippen molar-refractivity contribution in [2.45, 2.75) is 13.8 Å². The summed E-state index contributed by atoms with van der Waals surface area (Å²) in [7, 11) is 2.07. The van der Waals surface area contributed by atoms with Gasteiger partial charge in [0.1, 0.15) is 18.5 Å². The summed E-state index contributed by atoms with van der Waals surface area (Å²) in [6.07, 6.45) is 2.07. The Labute approximate surface area is 186 Å². The van der Waals surface area contributed by atoms with Crippen LogP contribution in [-0.4, -0.2) is 5.78 Å². The Morgan fingerprint density at radius 1 is 0.812 bits per heavy atom. The van der Waals surface area contributed by atoms with Gasteiger partial charge < -0.3 is 4.74 Å². The minimum atomic E-state index is -0.000612. The average Bonchev–Trinajstić information content (AvgIpc) is 2.84. The van der Waals surface area contributed by atoms with Gasteiger partial charge in [-0.2, -0.15) is 0 Å². The molecule has 1 aliphatic heterocycles. The first-order valence-corrected chi connectivity index (χ1v) is 10.8. The molecule has 0 amide bonds. The van der Waals surface area contributed by atoms with Crippen LogP contribution in [0.1, 0.15) is 27.0 Å². The molecular weight excluding hydrogens is 394 g/mol. The second-order valence-electron chi connectivity index (χ2n) is 8.51. The molecule has 0 saturated carbocycles. The summed E-state index contributed by atoms with van der Waals surface area (Å²) in [5.74, 6) is 1.61. The number of carbonyl (C=O) groups excluding carboxylic acids is 1. The molecule has 2 heterocycles. The van der Waals surface area contributed by atoms with Gasteiger partial charge in [0.2, 0.25) is 5.69 Å². The Kier molecular flexibility index (Phi) is 3.96. The standard InChI is InChI=1S/C29H22NO2/c1-17-22-11-7-8-12-23(22)18(2)29-25(17)27-26-20(13-14-30(27)3)15-21(16-24(26)32-29)28(31)19-9-5-4-6-10-19/h4-16H,1-3H3/q+1. The molecule has 0 saturated heterocycles. The number of carbonyl (C=O) groups is 1. The summed E-state index contributed by atoms with van der Waals surface area (Å²) in [6.45, 7) is 4.28. The van der Waals surface area contributed by atoms with Crippen LogP contribution < -0.4 is 9.30 Å². The van der Waals surface area contributed by atoms with E-state index < -0.39 is 0 Å². The van der Waals surface area contributed by atoms with Gasteiger partial charge in [-0.25, -0.2) is 4.57 Å². The van der Waals surface area contributed by atoms with E-state index in [9.17, 15) is 4.79 Å². The molecule has 0 atom stereocenters. The first-order chi connectivity index (χ1) is 15.5. The lowest BCUT2D eigenvalue weighted by atomic mass is 9.88. The number of hydrogen-bond acceptors (Lipinski definition) is 2. The molecule has 0 bridgehead atoms. The molecule has 0 spiro atoms. The molecule has 154 valence electrons. The van der Waals surface area contributed by atoms with Gasteiger partial charge in [-0.15, -0.1) is 0 Å². The third-order valence-electron chi connectivity index (χ3n) is 6.62. The van der Waals surface area contributed by atoms with E-state index >= 15 is 0 Å². The number of pyridine rings is 1. The molecular formula is C29H22NO2+. The van der Waals surface area contributed by atoms with Gasteiger partial charge in [0, 0.05) is 22.8 Å². The average molecular weight is 417 g/mol. The second-order valence-corrected chi connectivity index (χ2v) is 8.51. The maximum absolute atomic E-state index is 13.2. The summed E-state index contributed by atoms with van der Waals surface area (Å²) in [5.41, 5.74) is 5.89. The molecule has 5 aromatic rings. The molecule has 3 nitrogen and oxygen atoms in total. The molecule has 0 fully saturated rings. The van der Waals surface area contributed by atoms with Gasteiger partial charge in [0.05, 0.1) is 10.9 Å². The zero-order valence-electron chi connectivity index (χ0n) is 18.3. The van der Waals surface area contributed by atoms with Gasteiger partial charge in [-0.05, 0) is 47.7 Å². The quantitative estimate of drug-likeness (QED) is 0.240. The van der Waals surface area contributed by atoms with Gasteiger partial charge in [0.25, 0.3) is 0 Å². The number of fused-ring (bicyclic) bond motifs is 3. The second kappa shape index (κ2) is 6.76. The third kappa shape index (κ3) is 2.54. The van der Waals surface area contributed by atoms with Crippen LogP contribution in [0.25, 0.3) is 32.8 Å². The molecule has 0 N–H and O–H groups in total. The number of ketones is 1. The maximum Gasteiger partial charge on any atom is 0.228 e. The smallest absolute Gasteiger partial charge is 0.228 e. The first-order valence-electron chi connectivity index (χ1n) is 10.8. The summed E-state index contributed by atoms with van der Waals surface area (Å²) < 4.78 is 8.75. The van der Waals surface area contributed by atoms with Crippen LogP contribution in [0.15, 0.2) is 79.0 Å². The van der Waals surface area contributed by atoms with Crippen LogP contribution in [0.5, 0.6) is 11.5 Å². The molecule has 32 heavy (non-hydrogen) atoms. The number of benzene rings is 4. The van der Waals surface area contributed by atoms with Crippen LogP contribution in [-0.2, 0) is 7.05 Å². The summed E-state index contributed by atoms with van der Waals surface area (Å²) >= 11 is 0. The Hall–Kier alpha value is -3.98. The minimum Gasteiger partial charge on any atom is -0.455 e.